The molecule has 0 saturated carbocycles. The van der Waals surface area contributed by atoms with Gasteiger partial charge in [-0.25, -0.2) is 9.97 Å². The molecule has 18 heavy (non-hydrogen) atoms. The summed E-state index contributed by atoms with van der Waals surface area (Å²) in [6, 6.07) is 0.521. The van der Waals surface area contributed by atoms with E-state index in [0.29, 0.717) is 6.04 Å². The molecule has 4 nitrogen and oxygen atoms in total. The molecule has 1 aromatic heterocycles. The third-order valence-electron chi connectivity index (χ3n) is 3.48. The second kappa shape index (κ2) is 6.48. The fraction of sp³-hybridized carbons (Fsp3) is 0.692. The lowest BCUT2D eigenvalue weighted by atomic mass is 10.2. The smallest absolute Gasteiger partial charge is 0.225 e. The molecular weight excluding hydrogens is 292 g/mol. The average molecular weight is 313 g/mol. The van der Waals surface area contributed by atoms with Gasteiger partial charge >= 0.3 is 0 Å². The molecule has 0 radical (unpaired) electrons. The van der Waals surface area contributed by atoms with E-state index in [9.17, 15) is 0 Å². The van der Waals surface area contributed by atoms with E-state index in [1.807, 2.05) is 12.4 Å². The second-order valence-electron chi connectivity index (χ2n) is 4.90. The fourth-order valence-corrected chi connectivity index (χ4v) is 2.71. The highest BCUT2D eigenvalue weighted by molar-refractivity contribution is 9.08. The predicted molar refractivity (Wildman–Crippen MR) is 78.2 cm³/mol. The molecule has 1 aliphatic rings. The number of hydrogen-bond donors (Lipinski definition) is 0. The Bertz CT molecular complexity index is 368. The Morgan fingerprint density at radius 1 is 1.33 bits per heavy atom. The largest absolute Gasteiger partial charge is 0.337 e. The Labute approximate surface area is 118 Å². The van der Waals surface area contributed by atoms with Crippen LogP contribution in [0.3, 0.4) is 0 Å². The number of alkyl halides is 1. The van der Waals surface area contributed by atoms with Crippen LogP contribution in [0.4, 0.5) is 5.95 Å². The van der Waals surface area contributed by atoms with Crippen molar-refractivity contribution in [2.24, 2.45) is 0 Å². The minimum atomic E-state index is 0.521. The fourth-order valence-electron chi connectivity index (χ4n) is 2.42. The molecule has 2 heterocycles. The molecule has 1 aromatic rings. The summed E-state index contributed by atoms with van der Waals surface area (Å²) in [5.41, 5.74) is 1.12. The van der Waals surface area contributed by atoms with Gasteiger partial charge in [0.15, 0.2) is 0 Å². The summed E-state index contributed by atoms with van der Waals surface area (Å²) in [5, 5.41) is 0.813. The molecule has 1 aliphatic heterocycles. The summed E-state index contributed by atoms with van der Waals surface area (Å²) >= 11 is 3.42. The van der Waals surface area contributed by atoms with Gasteiger partial charge in [-0.3, -0.25) is 0 Å². The number of halogens is 1. The first-order valence-corrected chi connectivity index (χ1v) is 7.68. The van der Waals surface area contributed by atoms with Gasteiger partial charge in [-0.15, -0.1) is 0 Å². The molecule has 0 aromatic carbocycles. The summed E-state index contributed by atoms with van der Waals surface area (Å²) in [5.74, 6) is 0.877. The number of hydrogen-bond acceptors (Lipinski definition) is 4. The normalized spacial score (nSPS) is 21.9. The van der Waals surface area contributed by atoms with Crippen LogP contribution in [0.1, 0.15) is 25.3 Å². The first-order valence-electron chi connectivity index (χ1n) is 6.56. The molecule has 0 aliphatic carbocycles. The molecule has 1 atom stereocenters. The van der Waals surface area contributed by atoms with Gasteiger partial charge in [0.2, 0.25) is 5.95 Å². The SMILES string of the molecule is CCC1CN(C)CCCN1c1ncc(CBr)cn1. The Kier molecular flexibility index (Phi) is 4.95. The third kappa shape index (κ3) is 3.20. The van der Waals surface area contributed by atoms with Gasteiger partial charge in [-0.1, -0.05) is 22.9 Å². The van der Waals surface area contributed by atoms with Crippen molar-refractivity contribution < 1.29 is 0 Å². The highest BCUT2D eigenvalue weighted by Crippen LogP contribution is 2.18. The van der Waals surface area contributed by atoms with Gasteiger partial charge in [0.1, 0.15) is 0 Å². The zero-order valence-corrected chi connectivity index (χ0v) is 12.7. The highest BCUT2D eigenvalue weighted by Gasteiger charge is 2.23. The summed E-state index contributed by atoms with van der Waals surface area (Å²) in [6.07, 6.45) is 6.14. The number of anilines is 1. The lowest BCUT2D eigenvalue weighted by Gasteiger charge is -2.30. The maximum Gasteiger partial charge on any atom is 0.225 e. The van der Waals surface area contributed by atoms with Gasteiger partial charge < -0.3 is 9.80 Å². The van der Waals surface area contributed by atoms with Crippen molar-refractivity contribution in [2.75, 3.05) is 31.6 Å². The van der Waals surface area contributed by atoms with Crippen molar-refractivity contribution in [3.8, 4) is 0 Å². The van der Waals surface area contributed by atoms with Crippen LogP contribution in [-0.2, 0) is 5.33 Å². The molecule has 1 fully saturated rings. The lowest BCUT2D eigenvalue weighted by molar-refractivity contribution is 0.327. The van der Waals surface area contributed by atoms with Crippen molar-refractivity contribution in [1.82, 2.24) is 14.9 Å². The standard InChI is InChI=1S/C13H21BrN4/c1-3-12-10-17(2)5-4-6-18(12)13-15-8-11(7-14)9-16-13/h8-9,12H,3-7,10H2,1-2H3. The van der Waals surface area contributed by atoms with Gasteiger partial charge in [0.25, 0.3) is 0 Å². The quantitative estimate of drug-likeness (QED) is 0.802. The number of rotatable bonds is 3. The summed E-state index contributed by atoms with van der Waals surface area (Å²) in [4.78, 5) is 13.8. The van der Waals surface area contributed by atoms with Crippen LogP contribution in [0, 0.1) is 0 Å². The molecule has 0 spiro atoms. The van der Waals surface area contributed by atoms with Gasteiger partial charge in [0.05, 0.1) is 0 Å². The Morgan fingerprint density at radius 3 is 2.67 bits per heavy atom. The van der Waals surface area contributed by atoms with Crippen molar-refractivity contribution in [1.29, 1.82) is 0 Å². The zero-order chi connectivity index (χ0) is 13.0. The van der Waals surface area contributed by atoms with Crippen LogP contribution in [-0.4, -0.2) is 47.6 Å². The van der Waals surface area contributed by atoms with Crippen LogP contribution in [0.5, 0.6) is 0 Å². The van der Waals surface area contributed by atoms with Gasteiger partial charge in [-0.05, 0) is 32.0 Å². The number of aromatic nitrogens is 2. The van der Waals surface area contributed by atoms with Crippen LogP contribution in [0.2, 0.25) is 0 Å². The van der Waals surface area contributed by atoms with Crippen molar-refractivity contribution >= 4 is 21.9 Å². The minimum absolute atomic E-state index is 0.521. The highest BCUT2D eigenvalue weighted by atomic mass is 79.9. The van der Waals surface area contributed by atoms with Crippen LogP contribution in [0.15, 0.2) is 12.4 Å². The molecule has 1 unspecified atom stereocenters. The second-order valence-corrected chi connectivity index (χ2v) is 5.46. The lowest BCUT2D eigenvalue weighted by Crippen LogP contribution is -2.40. The predicted octanol–water partition coefficient (Wildman–Crippen LogP) is 2.29. The van der Waals surface area contributed by atoms with E-state index in [2.05, 4.69) is 49.7 Å². The van der Waals surface area contributed by atoms with Crippen LogP contribution in [0.25, 0.3) is 0 Å². The third-order valence-corrected chi connectivity index (χ3v) is 4.12. The molecule has 0 amide bonds. The van der Waals surface area contributed by atoms with Gasteiger partial charge in [-0.2, -0.15) is 0 Å². The molecular formula is C13H21BrN4. The summed E-state index contributed by atoms with van der Waals surface area (Å²) in [6.45, 7) is 5.55. The summed E-state index contributed by atoms with van der Waals surface area (Å²) in [7, 11) is 2.20. The van der Waals surface area contributed by atoms with E-state index in [1.165, 1.54) is 6.42 Å². The molecule has 0 N–H and O–H groups in total. The monoisotopic (exact) mass is 312 g/mol. The summed E-state index contributed by atoms with van der Waals surface area (Å²) < 4.78 is 0. The topological polar surface area (TPSA) is 32.3 Å². The molecule has 100 valence electrons. The van der Waals surface area contributed by atoms with E-state index in [1.54, 1.807) is 0 Å². The first-order chi connectivity index (χ1) is 8.74. The Balaban J connectivity index is 2.17. The van der Waals surface area contributed by atoms with E-state index < -0.39 is 0 Å². The average Bonchev–Trinajstić information content (AvgIpc) is 2.60. The van der Waals surface area contributed by atoms with Crippen molar-refractivity contribution in [2.45, 2.75) is 31.1 Å². The number of likely N-dealkylation sites (N-methyl/N-ethyl adjacent to an activating group) is 1. The molecule has 5 heteroatoms. The maximum atomic E-state index is 4.50. The minimum Gasteiger partial charge on any atom is -0.337 e. The Hall–Kier alpha value is -0.680. The van der Waals surface area contributed by atoms with Crippen molar-refractivity contribution in [3.63, 3.8) is 0 Å². The molecule has 2 rings (SSSR count). The Morgan fingerprint density at radius 2 is 2.06 bits per heavy atom. The van der Waals surface area contributed by atoms with Gasteiger partial charge in [0, 0.05) is 36.9 Å². The molecule has 1 saturated heterocycles. The van der Waals surface area contributed by atoms with Crippen LogP contribution >= 0.6 is 15.9 Å². The van der Waals surface area contributed by atoms with E-state index >= 15 is 0 Å². The zero-order valence-electron chi connectivity index (χ0n) is 11.1. The first kappa shape index (κ1) is 13.7. The maximum absolute atomic E-state index is 4.50. The van der Waals surface area contributed by atoms with Crippen molar-refractivity contribution in [3.05, 3.63) is 18.0 Å². The van der Waals surface area contributed by atoms with Crippen LogP contribution < -0.4 is 4.90 Å². The number of nitrogens with zero attached hydrogens (tertiary/aromatic N) is 4. The van der Waals surface area contributed by atoms with E-state index in [4.69, 9.17) is 0 Å². The molecule has 0 bridgehead atoms. The van der Waals surface area contributed by atoms with E-state index in [0.717, 1.165) is 42.9 Å². The van der Waals surface area contributed by atoms with E-state index in [-0.39, 0.29) is 0 Å².